The molecule has 3 rings (SSSR count). The molecule has 0 fully saturated rings. The van der Waals surface area contributed by atoms with Crippen molar-refractivity contribution in [1.29, 1.82) is 0 Å². The van der Waals surface area contributed by atoms with E-state index in [1.165, 1.54) is 88.3 Å². The van der Waals surface area contributed by atoms with E-state index in [9.17, 15) is 0 Å². The van der Waals surface area contributed by atoms with E-state index >= 15 is 0 Å². The molecule has 1 aliphatic rings. The Morgan fingerprint density at radius 2 is 1.15 bits per heavy atom. The van der Waals surface area contributed by atoms with Crippen LogP contribution in [0, 0.1) is 6.92 Å². The number of hydrogen-bond donors (Lipinski definition) is 0. The third-order valence-electron chi connectivity index (χ3n) is 8.56. The van der Waals surface area contributed by atoms with Crippen LogP contribution in [0.3, 0.4) is 0 Å². The predicted molar refractivity (Wildman–Crippen MR) is 161 cm³/mol. The number of thiophene rings is 2. The van der Waals surface area contributed by atoms with Crippen LogP contribution in [0.2, 0.25) is 13.3 Å². The Morgan fingerprint density at radius 1 is 0.647 bits per heavy atom. The summed E-state index contributed by atoms with van der Waals surface area (Å²) >= 11 is 2.00. The summed E-state index contributed by atoms with van der Waals surface area (Å²) < 4.78 is 6.72. The van der Waals surface area contributed by atoms with Crippen LogP contribution in [-0.2, 0) is 5.41 Å². The fourth-order valence-electron chi connectivity index (χ4n) is 6.29. The first-order chi connectivity index (χ1) is 16.5. The quantitative estimate of drug-likeness (QED) is 0.124. The molecule has 0 amide bonds. The summed E-state index contributed by atoms with van der Waals surface area (Å²) in [4.78, 5) is 4.86. The fraction of sp³-hybridized carbons (Fsp3) is 0.742. The summed E-state index contributed by atoms with van der Waals surface area (Å²) in [5.74, 6) is 0. The van der Waals surface area contributed by atoms with Gasteiger partial charge in [-0.25, -0.2) is 0 Å². The van der Waals surface area contributed by atoms with Gasteiger partial charge in [0.05, 0.1) is 0 Å². The van der Waals surface area contributed by atoms with E-state index in [1.54, 1.807) is 34.2 Å². The molecule has 0 radical (unpaired) electrons. The molecular formula is C31H52S2Sn. The summed E-state index contributed by atoms with van der Waals surface area (Å²) in [6, 6.07) is 5.38. The van der Waals surface area contributed by atoms with Crippen LogP contribution >= 0.6 is 22.7 Å². The monoisotopic (exact) mass is 608 g/mol. The van der Waals surface area contributed by atoms with Crippen molar-refractivity contribution < 1.29 is 0 Å². The molecule has 0 aliphatic heterocycles. The number of unbranched alkanes of at least 4 members (excludes halogenated alkanes) is 8. The molecule has 0 aromatic carbocycles. The van der Waals surface area contributed by atoms with Crippen LogP contribution < -0.4 is 2.89 Å². The molecule has 1 atom stereocenters. The van der Waals surface area contributed by atoms with Crippen LogP contribution in [0.15, 0.2) is 12.1 Å². The first-order valence-corrected chi connectivity index (χ1v) is 23.8. The first kappa shape index (κ1) is 28.8. The van der Waals surface area contributed by atoms with Crippen molar-refractivity contribution in [3.05, 3.63) is 28.1 Å². The number of rotatable bonds is 17. The van der Waals surface area contributed by atoms with Gasteiger partial charge < -0.3 is 0 Å². The Labute approximate surface area is 224 Å². The van der Waals surface area contributed by atoms with Gasteiger partial charge in [0.25, 0.3) is 0 Å². The molecule has 0 spiro atoms. The van der Waals surface area contributed by atoms with Crippen LogP contribution in [0.25, 0.3) is 9.75 Å². The molecular weight excluding hydrogens is 555 g/mol. The van der Waals surface area contributed by atoms with Crippen molar-refractivity contribution in [2.75, 3.05) is 0 Å². The summed E-state index contributed by atoms with van der Waals surface area (Å²) in [5.41, 5.74) is 3.67. The first-order valence-electron chi connectivity index (χ1n) is 14.7. The van der Waals surface area contributed by atoms with Gasteiger partial charge >= 0.3 is 226 Å². The molecule has 0 saturated heterocycles. The van der Waals surface area contributed by atoms with Gasteiger partial charge in [-0.15, -0.1) is 0 Å². The molecule has 1 unspecified atom stereocenters. The van der Waals surface area contributed by atoms with Crippen molar-refractivity contribution in [3.63, 3.8) is 0 Å². The predicted octanol–water partition coefficient (Wildman–Crippen LogP) is 11.2. The van der Waals surface area contributed by atoms with E-state index in [1.807, 2.05) is 2.89 Å². The van der Waals surface area contributed by atoms with Gasteiger partial charge in [0.2, 0.25) is 0 Å². The second-order valence-corrected chi connectivity index (χ2v) is 27.9. The molecule has 2 heterocycles. The van der Waals surface area contributed by atoms with E-state index in [-0.39, 0.29) is 5.41 Å². The van der Waals surface area contributed by atoms with Crippen LogP contribution in [0.5, 0.6) is 0 Å². The third kappa shape index (κ3) is 6.36. The molecule has 34 heavy (non-hydrogen) atoms. The van der Waals surface area contributed by atoms with Gasteiger partial charge in [-0.2, -0.15) is 0 Å². The molecule has 0 nitrogen and oxygen atoms in total. The van der Waals surface area contributed by atoms with E-state index in [0.29, 0.717) is 0 Å². The Hall–Kier alpha value is 0.199. The second kappa shape index (κ2) is 13.7. The van der Waals surface area contributed by atoms with Crippen molar-refractivity contribution in [3.8, 4) is 9.75 Å². The van der Waals surface area contributed by atoms with Crippen LogP contribution in [-0.4, -0.2) is 18.4 Å². The van der Waals surface area contributed by atoms with Crippen molar-refractivity contribution in [2.45, 2.75) is 144 Å². The van der Waals surface area contributed by atoms with Crippen LogP contribution in [0.4, 0.5) is 0 Å². The van der Waals surface area contributed by atoms with E-state index in [2.05, 4.69) is 76.3 Å². The molecule has 0 bridgehead atoms. The molecule has 0 saturated carbocycles. The minimum absolute atomic E-state index is 0.257. The Balaban J connectivity index is 1.95. The molecule has 0 N–H and O–H groups in total. The number of aryl methyl sites for hydroxylation is 1. The zero-order valence-electron chi connectivity index (χ0n) is 23.3. The topological polar surface area (TPSA) is 0 Å². The molecule has 192 valence electrons. The number of fused-ring (bicyclic) bond motifs is 3. The van der Waals surface area contributed by atoms with Gasteiger partial charge in [0.1, 0.15) is 0 Å². The maximum atomic E-state index is 2.83. The fourth-order valence-corrected chi connectivity index (χ4v) is 28.0. The Kier molecular flexibility index (Phi) is 11.6. The Morgan fingerprint density at radius 3 is 1.74 bits per heavy atom. The van der Waals surface area contributed by atoms with Crippen LogP contribution in [0.1, 0.15) is 134 Å². The normalized spacial score (nSPS) is 17.4. The van der Waals surface area contributed by atoms with E-state index in [0.717, 1.165) is 0 Å². The zero-order valence-corrected chi connectivity index (χ0v) is 27.8. The van der Waals surface area contributed by atoms with Gasteiger partial charge in [-0.05, 0) is 0 Å². The number of hydrogen-bond acceptors (Lipinski definition) is 2. The summed E-state index contributed by atoms with van der Waals surface area (Å²) in [6.07, 6.45) is 18.2. The molecule has 2 aromatic rings. The third-order valence-corrected chi connectivity index (χ3v) is 29.1. The van der Waals surface area contributed by atoms with E-state index in [4.69, 9.17) is 0 Å². The summed E-state index contributed by atoms with van der Waals surface area (Å²) in [5, 5.41) is 0. The average molecular weight is 608 g/mol. The minimum atomic E-state index is -2.38. The standard InChI is InChI=1S/C19H25S2.3C4H9.Sn/c1-4-5-6-7-8-9-11-19(3)15-10-12-20-17(15)18-16(19)13-14(2)21-18;3*1-3-4-2;/h10,13H,4-9,11H2,1-3H3;3*1,3-4H2,2H3;. The van der Waals surface area contributed by atoms with E-state index < -0.39 is 18.4 Å². The molecule has 2 aromatic heterocycles. The SMILES string of the molecule is CCCCCCCCC1(C)c2cc(C)sc2-c2s[c]([Sn]([CH2]CCC)([CH2]CCC)[CH2]CCC)cc21. The van der Waals surface area contributed by atoms with Gasteiger partial charge in [-0.1, -0.05) is 0 Å². The second-order valence-electron chi connectivity index (χ2n) is 11.4. The summed E-state index contributed by atoms with van der Waals surface area (Å²) in [6.45, 7) is 14.5. The van der Waals surface area contributed by atoms with Crippen molar-refractivity contribution in [2.24, 2.45) is 0 Å². The van der Waals surface area contributed by atoms with Crippen molar-refractivity contribution in [1.82, 2.24) is 0 Å². The summed E-state index contributed by atoms with van der Waals surface area (Å²) in [7, 11) is 0. The zero-order chi connectivity index (χ0) is 24.6. The molecule has 3 heteroatoms. The maximum absolute atomic E-state index is 2.83. The average Bonchev–Trinajstić information content (AvgIpc) is 3.50. The van der Waals surface area contributed by atoms with Gasteiger partial charge in [-0.3, -0.25) is 0 Å². The van der Waals surface area contributed by atoms with Gasteiger partial charge in [0, 0.05) is 0 Å². The van der Waals surface area contributed by atoms with Gasteiger partial charge in [0.15, 0.2) is 0 Å². The van der Waals surface area contributed by atoms with Crippen molar-refractivity contribution >= 4 is 43.9 Å². The molecule has 1 aliphatic carbocycles. The Bertz CT molecular complexity index is 854.